The number of anilines is 2. The van der Waals surface area contributed by atoms with Gasteiger partial charge in [0.2, 0.25) is 5.91 Å². The van der Waals surface area contributed by atoms with E-state index in [2.05, 4.69) is 20.3 Å². The second-order valence-corrected chi connectivity index (χ2v) is 8.03. The molecule has 1 aromatic carbocycles. The van der Waals surface area contributed by atoms with Crippen molar-refractivity contribution >= 4 is 45.8 Å². The van der Waals surface area contributed by atoms with E-state index in [-0.39, 0.29) is 23.5 Å². The predicted octanol–water partition coefficient (Wildman–Crippen LogP) is 3.34. The quantitative estimate of drug-likeness (QED) is 0.477. The number of rotatable bonds is 4. The molecule has 0 aliphatic carbocycles. The highest BCUT2D eigenvalue weighted by molar-refractivity contribution is 6.36. The van der Waals surface area contributed by atoms with Gasteiger partial charge in [0, 0.05) is 36.5 Å². The molecule has 0 bridgehead atoms. The van der Waals surface area contributed by atoms with Crippen molar-refractivity contribution in [1.29, 1.82) is 5.41 Å². The molecule has 1 aliphatic rings. The summed E-state index contributed by atoms with van der Waals surface area (Å²) in [6, 6.07) is 5.78. The Morgan fingerprint density at radius 3 is 2.73 bits per heavy atom. The molecule has 1 saturated heterocycles. The molecule has 1 aliphatic heterocycles. The molecule has 0 atom stereocenters. The Morgan fingerprint density at radius 1 is 1.33 bits per heavy atom. The second-order valence-electron chi connectivity index (χ2n) is 7.62. The van der Waals surface area contributed by atoms with Crippen molar-refractivity contribution in [3.63, 3.8) is 0 Å². The third-order valence-corrected chi connectivity index (χ3v) is 5.96. The van der Waals surface area contributed by atoms with Crippen molar-refractivity contribution in [3.8, 4) is 0 Å². The number of piperidine rings is 1. The van der Waals surface area contributed by atoms with Gasteiger partial charge in [0.1, 0.15) is 18.0 Å². The number of hydrogen-bond acceptors (Lipinski definition) is 6. The van der Waals surface area contributed by atoms with Gasteiger partial charge in [-0.25, -0.2) is 9.97 Å². The minimum atomic E-state index is 0.0926. The number of aryl methyl sites for hydroxylation is 1. The minimum Gasteiger partial charge on any atom is -0.383 e. The van der Waals surface area contributed by atoms with E-state index < -0.39 is 0 Å². The smallest absolute Gasteiger partial charge is 0.219 e. The number of fused-ring (bicyclic) bond motifs is 1. The Labute approximate surface area is 179 Å². The minimum absolute atomic E-state index is 0.0926. The van der Waals surface area contributed by atoms with Crippen molar-refractivity contribution in [2.75, 3.05) is 24.1 Å². The number of nitrogens with zero attached hydrogens (tertiary/aromatic N) is 3. The number of nitrogens with one attached hydrogen (secondary N) is 3. The van der Waals surface area contributed by atoms with E-state index in [1.165, 1.54) is 6.33 Å². The van der Waals surface area contributed by atoms with Crippen LogP contribution in [-0.4, -0.2) is 50.6 Å². The molecular formula is C21H24ClN7O. The van der Waals surface area contributed by atoms with Crippen LogP contribution >= 0.6 is 11.6 Å². The Hall–Kier alpha value is -3.13. The number of aromatic nitrogens is 3. The lowest BCUT2D eigenvalue weighted by atomic mass is 10.0. The first kappa shape index (κ1) is 20.2. The fraction of sp³-hybridized carbons (Fsp3) is 0.333. The van der Waals surface area contributed by atoms with E-state index in [0.29, 0.717) is 35.2 Å². The summed E-state index contributed by atoms with van der Waals surface area (Å²) < 4.78 is 0. The highest BCUT2D eigenvalue weighted by Crippen LogP contribution is 2.30. The zero-order valence-electron chi connectivity index (χ0n) is 16.9. The zero-order chi connectivity index (χ0) is 21.4. The van der Waals surface area contributed by atoms with Crippen molar-refractivity contribution in [2.45, 2.75) is 32.7 Å². The van der Waals surface area contributed by atoms with Crippen LogP contribution in [0.2, 0.25) is 5.02 Å². The monoisotopic (exact) mass is 425 g/mol. The molecular weight excluding hydrogens is 402 g/mol. The molecule has 9 heteroatoms. The molecule has 1 amide bonds. The van der Waals surface area contributed by atoms with E-state index in [9.17, 15) is 4.79 Å². The molecule has 156 valence electrons. The topological polar surface area (TPSA) is 124 Å². The third kappa shape index (κ3) is 3.70. The van der Waals surface area contributed by atoms with Crippen LogP contribution in [0.3, 0.4) is 0 Å². The summed E-state index contributed by atoms with van der Waals surface area (Å²) in [7, 11) is 0. The third-order valence-electron chi connectivity index (χ3n) is 5.63. The SMILES string of the molecule is CC(=O)N1CCC(Nc2ncnc(N)c2C(=N)c2cc3c(Cl)ccc(C)c3[nH]2)CC1. The molecule has 3 aromatic rings. The molecule has 0 spiro atoms. The fourth-order valence-corrected chi connectivity index (χ4v) is 4.09. The summed E-state index contributed by atoms with van der Waals surface area (Å²) in [5.74, 6) is 0.852. The fourth-order valence-electron chi connectivity index (χ4n) is 3.88. The van der Waals surface area contributed by atoms with Crippen LogP contribution < -0.4 is 11.1 Å². The van der Waals surface area contributed by atoms with Crippen LogP contribution in [0, 0.1) is 12.3 Å². The van der Waals surface area contributed by atoms with Gasteiger partial charge in [-0.1, -0.05) is 17.7 Å². The lowest BCUT2D eigenvalue weighted by molar-refractivity contribution is -0.129. The highest BCUT2D eigenvalue weighted by Gasteiger charge is 2.24. The molecule has 0 unspecified atom stereocenters. The molecule has 2 aromatic heterocycles. The number of aromatic amines is 1. The highest BCUT2D eigenvalue weighted by atomic mass is 35.5. The van der Waals surface area contributed by atoms with Crippen LogP contribution in [0.15, 0.2) is 24.5 Å². The maximum absolute atomic E-state index is 11.6. The first-order valence-corrected chi connectivity index (χ1v) is 10.2. The van der Waals surface area contributed by atoms with Gasteiger partial charge in [0.15, 0.2) is 0 Å². The van der Waals surface area contributed by atoms with E-state index >= 15 is 0 Å². The maximum Gasteiger partial charge on any atom is 0.219 e. The summed E-state index contributed by atoms with van der Waals surface area (Å²) >= 11 is 6.34. The zero-order valence-corrected chi connectivity index (χ0v) is 17.7. The number of likely N-dealkylation sites (tertiary alicyclic amines) is 1. The van der Waals surface area contributed by atoms with Crippen LogP contribution in [0.5, 0.6) is 0 Å². The van der Waals surface area contributed by atoms with Gasteiger partial charge < -0.3 is 20.9 Å². The molecule has 3 heterocycles. The number of carbonyl (C=O) groups is 1. The van der Waals surface area contributed by atoms with Gasteiger partial charge in [0.05, 0.1) is 22.5 Å². The number of H-pyrrole nitrogens is 1. The van der Waals surface area contributed by atoms with E-state index in [1.54, 1.807) is 6.92 Å². The summed E-state index contributed by atoms with van der Waals surface area (Å²) in [5, 5.41) is 13.7. The van der Waals surface area contributed by atoms with Gasteiger partial charge in [-0.2, -0.15) is 0 Å². The lowest BCUT2D eigenvalue weighted by Gasteiger charge is -2.32. The van der Waals surface area contributed by atoms with Crippen LogP contribution in [0.25, 0.3) is 10.9 Å². The molecule has 1 fully saturated rings. The number of carbonyl (C=O) groups excluding carboxylic acids is 1. The van der Waals surface area contributed by atoms with Gasteiger partial charge in [0.25, 0.3) is 0 Å². The molecule has 30 heavy (non-hydrogen) atoms. The number of nitrogen functional groups attached to an aromatic ring is 1. The van der Waals surface area contributed by atoms with Crippen LogP contribution in [-0.2, 0) is 4.79 Å². The standard InChI is InChI=1S/C21H24ClN7O/c1-11-3-4-15(22)14-9-16(28-19(11)14)18(23)17-20(24)25-10-26-21(17)27-13-5-7-29(8-6-13)12(2)30/h3-4,9-10,13,23,28H,5-8H2,1-2H3,(H3,24,25,26,27). The number of amides is 1. The van der Waals surface area contributed by atoms with Crippen molar-refractivity contribution in [3.05, 3.63) is 46.4 Å². The Morgan fingerprint density at radius 2 is 2.07 bits per heavy atom. The average molecular weight is 426 g/mol. The summed E-state index contributed by atoms with van der Waals surface area (Å²) in [6.07, 6.45) is 3.00. The van der Waals surface area contributed by atoms with Gasteiger partial charge in [-0.05, 0) is 37.5 Å². The van der Waals surface area contributed by atoms with E-state index in [0.717, 1.165) is 29.3 Å². The largest absolute Gasteiger partial charge is 0.383 e. The van der Waals surface area contributed by atoms with Gasteiger partial charge >= 0.3 is 0 Å². The summed E-state index contributed by atoms with van der Waals surface area (Å²) in [6.45, 7) is 4.97. The van der Waals surface area contributed by atoms with E-state index in [4.69, 9.17) is 22.7 Å². The van der Waals surface area contributed by atoms with Crippen molar-refractivity contribution < 1.29 is 4.79 Å². The van der Waals surface area contributed by atoms with Gasteiger partial charge in [-0.15, -0.1) is 0 Å². The summed E-state index contributed by atoms with van der Waals surface area (Å²) in [5.41, 5.74) is 9.33. The van der Waals surface area contributed by atoms with Crippen molar-refractivity contribution in [2.24, 2.45) is 0 Å². The van der Waals surface area contributed by atoms with Crippen LogP contribution in [0.4, 0.5) is 11.6 Å². The first-order chi connectivity index (χ1) is 14.3. The first-order valence-electron chi connectivity index (χ1n) is 9.84. The number of benzene rings is 1. The van der Waals surface area contributed by atoms with Crippen molar-refractivity contribution in [1.82, 2.24) is 19.9 Å². The number of halogens is 1. The Kier molecular flexibility index (Phi) is 5.34. The normalized spacial score (nSPS) is 14.8. The van der Waals surface area contributed by atoms with Crippen LogP contribution in [0.1, 0.15) is 36.6 Å². The molecule has 0 radical (unpaired) electrons. The second kappa shape index (κ2) is 7.95. The molecule has 8 nitrogen and oxygen atoms in total. The predicted molar refractivity (Wildman–Crippen MR) is 119 cm³/mol. The molecule has 4 rings (SSSR count). The molecule has 5 N–H and O–H groups in total. The molecule has 0 saturated carbocycles. The average Bonchev–Trinajstić information content (AvgIpc) is 3.18. The van der Waals surface area contributed by atoms with E-state index in [1.807, 2.05) is 30.0 Å². The number of nitrogens with two attached hydrogens (primary N) is 1. The number of hydrogen-bond donors (Lipinski definition) is 4. The Balaban J connectivity index is 1.63. The Bertz CT molecular complexity index is 1090. The lowest BCUT2D eigenvalue weighted by Crippen LogP contribution is -2.41. The van der Waals surface area contributed by atoms with Gasteiger partial charge in [-0.3, -0.25) is 10.2 Å². The maximum atomic E-state index is 11.6. The summed E-state index contributed by atoms with van der Waals surface area (Å²) in [4.78, 5) is 25.1.